The highest BCUT2D eigenvalue weighted by Gasteiger charge is 2.15. The molecular formula is C11H12O2. The summed E-state index contributed by atoms with van der Waals surface area (Å²) in [5.41, 5.74) is 0. The standard InChI is InChI=1S/C11H12O2/c1-9-4-2-3-5-10-11(8-9)13-7-6-12-10/h5,8-9H,3,6-7H2,1H3/b10-5+,11-8?. The minimum atomic E-state index is 0.250. The first-order chi connectivity index (χ1) is 6.36. The molecule has 1 fully saturated rings. The van der Waals surface area contributed by atoms with Crippen LogP contribution in [0, 0.1) is 17.8 Å². The van der Waals surface area contributed by atoms with E-state index in [1.54, 1.807) is 0 Å². The smallest absolute Gasteiger partial charge is 0.158 e. The number of fused-ring (bicyclic) bond motifs is 1. The Morgan fingerprint density at radius 1 is 1.31 bits per heavy atom. The SMILES string of the molecule is CC1C#CC/C=C2/OCCOC2=C1. The minimum Gasteiger partial charge on any atom is -0.486 e. The lowest BCUT2D eigenvalue weighted by Crippen LogP contribution is -2.15. The fourth-order valence-electron chi connectivity index (χ4n) is 1.37. The first-order valence-corrected chi connectivity index (χ1v) is 4.52. The molecule has 1 saturated heterocycles. The van der Waals surface area contributed by atoms with Crippen LogP contribution in [0.5, 0.6) is 0 Å². The van der Waals surface area contributed by atoms with Gasteiger partial charge in [0.15, 0.2) is 11.5 Å². The van der Waals surface area contributed by atoms with Gasteiger partial charge in [-0.2, -0.15) is 0 Å². The normalized spacial score (nSPS) is 29.8. The molecule has 1 heterocycles. The first-order valence-electron chi connectivity index (χ1n) is 4.52. The summed E-state index contributed by atoms with van der Waals surface area (Å²) < 4.78 is 11.0. The monoisotopic (exact) mass is 176 g/mol. The molecule has 2 nitrogen and oxygen atoms in total. The molecule has 2 rings (SSSR count). The van der Waals surface area contributed by atoms with Crippen molar-refractivity contribution < 1.29 is 9.47 Å². The summed E-state index contributed by atoms with van der Waals surface area (Å²) in [5.74, 6) is 8.13. The van der Waals surface area contributed by atoms with Gasteiger partial charge in [-0.3, -0.25) is 0 Å². The van der Waals surface area contributed by atoms with Crippen molar-refractivity contribution in [1.29, 1.82) is 0 Å². The highest BCUT2D eigenvalue weighted by atomic mass is 16.6. The molecule has 1 atom stereocenters. The number of ether oxygens (including phenoxy) is 2. The van der Waals surface area contributed by atoms with Crippen molar-refractivity contribution in [2.24, 2.45) is 5.92 Å². The van der Waals surface area contributed by atoms with Gasteiger partial charge in [0.25, 0.3) is 0 Å². The summed E-state index contributed by atoms with van der Waals surface area (Å²) >= 11 is 0. The maximum atomic E-state index is 5.49. The van der Waals surface area contributed by atoms with Gasteiger partial charge in [-0.1, -0.05) is 11.8 Å². The van der Waals surface area contributed by atoms with Crippen molar-refractivity contribution >= 4 is 0 Å². The predicted octanol–water partition coefficient (Wildman–Crippen LogP) is 1.84. The zero-order valence-electron chi connectivity index (χ0n) is 7.67. The Kier molecular flexibility index (Phi) is 2.27. The fourth-order valence-corrected chi connectivity index (χ4v) is 1.37. The van der Waals surface area contributed by atoms with E-state index in [9.17, 15) is 0 Å². The Morgan fingerprint density at radius 2 is 2.08 bits per heavy atom. The predicted molar refractivity (Wildman–Crippen MR) is 49.6 cm³/mol. The summed E-state index contributed by atoms with van der Waals surface area (Å²) in [6.45, 7) is 3.34. The Balaban J connectivity index is 2.29. The van der Waals surface area contributed by atoms with E-state index in [1.807, 2.05) is 12.2 Å². The van der Waals surface area contributed by atoms with Gasteiger partial charge in [0.1, 0.15) is 13.2 Å². The molecule has 0 saturated carbocycles. The van der Waals surface area contributed by atoms with Crippen molar-refractivity contribution in [1.82, 2.24) is 0 Å². The second-order valence-corrected chi connectivity index (χ2v) is 3.11. The summed E-state index contributed by atoms with van der Waals surface area (Å²) in [5, 5.41) is 0. The van der Waals surface area contributed by atoms with E-state index in [1.165, 1.54) is 0 Å². The number of allylic oxidation sites excluding steroid dienone is 2. The third-order valence-electron chi connectivity index (χ3n) is 1.96. The third kappa shape index (κ3) is 1.86. The average Bonchev–Trinajstić information content (AvgIpc) is 2.11. The van der Waals surface area contributed by atoms with Gasteiger partial charge in [-0.15, -0.1) is 0 Å². The minimum absolute atomic E-state index is 0.250. The topological polar surface area (TPSA) is 18.5 Å². The van der Waals surface area contributed by atoms with Gasteiger partial charge in [-0.05, 0) is 19.1 Å². The molecule has 0 aromatic heterocycles. The van der Waals surface area contributed by atoms with Gasteiger partial charge < -0.3 is 9.47 Å². The molecule has 1 aliphatic carbocycles. The van der Waals surface area contributed by atoms with Gasteiger partial charge >= 0.3 is 0 Å². The van der Waals surface area contributed by atoms with Crippen LogP contribution in [0.25, 0.3) is 0 Å². The van der Waals surface area contributed by atoms with Crippen molar-refractivity contribution in [3.05, 3.63) is 23.7 Å². The summed E-state index contributed by atoms with van der Waals surface area (Å²) in [6.07, 6.45) is 4.74. The average molecular weight is 176 g/mol. The molecule has 2 heteroatoms. The van der Waals surface area contributed by atoms with E-state index < -0.39 is 0 Å². The maximum absolute atomic E-state index is 5.49. The number of rotatable bonds is 0. The molecule has 2 aliphatic rings. The van der Waals surface area contributed by atoms with Gasteiger partial charge in [0.2, 0.25) is 0 Å². The van der Waals surface area contributed by atoms with Crippen molar-refractivity contribution in [2.45, 2.75) is 13.3 Å². The molecule has 1 aliphatic heterocycles. The lowest BCUT2D eigenvalue weighted by Gasteiger charge is -2.21. The first kappa shape index (κ1) is 8.25. The van der Waals surface area contributed by atoms with E-state index in [-0.39, 0.29) is 5.92 Å². The van der Waals surface area contributed by atoms with E-state index in [4.69, 9.17) is 9.47 Å². The van der Waals surface area contributed by atoms with Crippen LogP contribution >= 0.6 is 0 Å². The van der Waals surface area contributed by atoms with Crippen LogP contribution in [0.15, 0.2) is 23.7 Å². The quantitative estimate of drug-likeness (QED) is 0.524. The summed E-state index contributed by atoms with van der Waals surface area (Å²) in [7, 11) is 0. The third-order valence-corrected chi connectivity index (χ3v) is 1.96. The second-order valence-electron chi connectivity index (χ2n) is 3.11. The van der Waals surface area contributed by atoms with Crippen molar-refractivity contribution in [3.63, 3.8) is 0 Å². The molecule has 0 aromatic carbocycles. The van der Waals surface area contributed by atoms with Gasteiger partial charge in [0, 0.05) is 12.3 Å². The zero-order chi connectivity index (χ0) is 9.10. The molecule has 13 heavy (non-hydrogen) atoms. The lowest BCUT2D eigenvalue weighted by atomic mass is 10.1. The largest absolute Gasteiger partial charge is 0.486 e. The number of hydrogen-bond acceptors (Lipinski definition) is 2. The molecule has 0 bridgehead atoms. The van der Waals surface area contributed by atoms with Crippen LogP contribution in [0.4, 0.5) is 0 Å². The van der Waals surface area contributed by atoms with Gasteiger partial charge in [-0.25, -0.2) is 0 Å². The molecule has 0 spiro atoms. The van der Waals surface area contributed by atoms with Crippen LogP contribution in [0.3, 0.4) is 0 Å². The Hall–Kier alpha value is -1.36. The van der Waals surface area contributed by atoms with Crippen LogP contribution in [-0.2, 0) is 9.47 Å². The second kappa shape index (κ2) is 3.57. The molecule has 68 valence electrons. The van der Waals surface area contributed by atoms with Crippen LogP contribution in [-0.4, -0.2) is 13.2 Å². The summed E-state index contributed by atoms with van der Waals surface area (Å²) in [6, 6.07) is 0. The van der Waals surface area contributed by atoms with Crippen LogP contribution in [0.2, 0.25) is 0 Å². The van der Waals surface area contributed by atoms with Crippen molar-refractivity contribution in [3.8, 4) is 11.8 Å². The van der Waals surface area contributed by atoms with E-state index in [0.29, 0.717) is 13.2 Å². The number of hydrogen-bond donors (Lipinski definition) is 0. The lowest BCUT2D eigenvalue weighted by molar-refractivity contribution is 0.0582. The van der Waals surface area contributed by atoms with Crippen LogP contribution in [0.1, 0.15) is 13.3 Å². The molecule has 0 radical (unpaired) electrons. The Bertz CT molecular complexity index is 315. The zero-order valence-corrected chi connectivity index (χ0v) is 7.67. The highest BCUT2D eigenvalue weighted by molar-refractivity contribution is 5.28. The molecule has 0 aromatic rings. The molecule has 0 N–H and O–H groups in total. The Morgan fingerprint density at radius 3 is 2.92 bits per heavy atom. The van der Waals surface area contributed by atoms with E-state index in [2.05, 4.69) is 18.8 Å². The summed E-state index contributed by atoms with van der Waals surface area (Å²) in [4.78, 5) is 0. The van der Waals surface area contributed by atoms with E-state index >= 15 is 0 Å². The molecule has 0 amide bonds. The van der Waals surface area contributed by atoms with Crippen molar-refractivity contribution in [2.75, 3.05) is 13.2 Å². The Labute approximate surface area is 78.2 Å². The fraction of sp³-hybridized carbons (Fsp3) is 0.455. The van der Waals surface area contributed by atoms with E-state index in [0.717, 1.165) is 17.9 Å². The molecule has 1 unspecified atom stereocenters. The highest BCUT2D eigenvalue weighted by Crippen LogP contribution is 2.21. The maximum Gasteiger partial charge on any atom is 0.158 e. The van der Waals surface area contributed by atoms with Crippen LogP contribution < -0.4 is 0 Å². The molecular weight excluding hydrogens is 164 g/mol. The van der Waals surface area contributed by atoms with Gasteiger partial charge in [0.05, 0.1) is 0 Å².